The van der Waals surface area contributed by atoms with Crippen LogP contribution >= 0.6 is 7.60 Å². The summed E-state index contributed by atoms with van der Waals surface area (Å²) in [5, 5.41) is 0.640. The lowest BCUT2D eigenvalue weighted by Crippen LogP contribution is -2.18. The Hall–Kier alpha value is -1.41. The molecule has 1 aliphatic rings. The molecule has 122 valence electrons. The normalized spacial score (nSPS) is 15.3. The van der Waals surface area contributed by atoms with Crippen LogP contribution in [0.2, 0.25) is 0 Å². The first-order chi connectivity index (χ1) is 10.9. The second-order valence-corrected chi connectivity index (χ2v) is 8.26. The average molecular weight is 330 g/mol. The second kappa shape index (κ2) is 5.90. The van der Waals surface area contributed by atoms with Crippen LogP contribution in [0.5, 0.6) is 0 Å². The Morgan fingerprint density at radius 2 is 1.52 bits per heavy atom. The Labute approximate surface area is 138 Å². The first-order valence-electron chi connectivity index (χ1n) is 8.08. The third-order valence-corrected chi connectivity index (χ3v) is 6.59. The molecule has 3 nitrogen and oxygen atoms in total. The minimum atomic E-state index is -3.26. The fraction of sp³-hybridized carbons (Fsp3) is 0.368. The van der Waals surface area contributed by atoms with Gasteiger partial charge in [0.2, 0.25) is 0 Å². The number of hydrogen-bond acceptors (Lipinski definition) is 3. The van der Waals surface area contributed by atoms with E-state index < -0.39 is 7.60 Å². The highest BCUT2D eigenvalue weighted by molar-refractivity contribution is 7.62. The third kappa shape index (κ3) is 2.57. The van der Waals surface area contributed by atoms with Crippen LogP contribution in [0.3, 0.4) is 0 Å². The van der Waals surface area contributed by atoms with Gasteiger partial charge in [0, 0.05) is 5.41 Å². The Morgan fingerprint density at radius 3 is 2.17 bits per heavy atom. The fourth-order valence-corrected chi connectivity index (χ4v) is 4.99. The molecule has 0 saturated carbocycles. The van der Waals surface area contributed by atoms with Crippen molar-refractivity contribution in [2.45, 2.75) is 33.1 Å². The third-order valence-electron chi connectivity index (χ3n) is 4.48. The molecule has 0 heterocycles. The zero-order chi connectivity index (χ0) is 16.7. The highest BCUT2D eigenvalue weighted by Crippen LogP contribution is 2.52. The van der Waals surface area contributed by atoms with E-state index >= 15 is 0 Å². The van der Waals surface area contributed by atoms with Crippen LogP contribution < -0.4 is 5.30 Å². The lowest BCUT2D eigenvalue weighted by molar-refractivity contribution is 0.230. The average Bonchev–Trinajstić information content (AvgIpc) is 2.76. The van der Waals surface area contributed by atoms with Gasteiger partial charge in [0.25, 0.3) is 0 Å². The Bertz CT molecular complexity index is 770. The summed E-state index contributed by atoms with van der Waals surface area (Å²) in [6.07, 6.45) is 0. The molecule has 0 bridgehead atoms. The van der Waals surface area contributed by atoms with E-state index in [4.69, 9.17) is 9.05 Å². The van der Waals surface area contributed by atoms with Gasteiger partial charge in [-0.05, 0) is 48.2 Å². The molecule has 23 heavy (non-hydrogen) atoms. The van der Waals surface area contributed by atoms with Crippen molar-refractivity contribution >= 4 is 12.9 Å². The quantitative estimate of drug-likeness (QED) is 0.733. The van der Waals surface area contributed by atoms with Crippen LogP contribution in [-0.2, 0) is 19.0 Å². The Morgan fingerprint density at radius 1 is 0.913 bits per heavy atom. The summed E-state index contributed by atoms with van der Waals surface area (Å²) in [5.74, 6) is 0. The smallest absolute Gasteiger partial charge is 0.305 e. The molecular formula is C19H23O3P. The standard InChI is InChI=1S/C19H23O3P/c1-5-21-23(20,22-6-2)14-11-12-16-15-9-7-8-10-17(15)19(3,4)18(16)13-14/h7-13H,5-6H2,1-4H3. The number of fused-ring (bicyclic) bond motifs is 3. The molecule has 0 aliphatic heterocycles. The molecule has 0 radical (unpaired) electrons. The lowest BCUT2D eigenvalue weighted by atomic mass is 9.82. The van der Waals surface area contributed by atoms with Crippen molar-refractivity contribution in [3.05, 3.63) is 53.6 Å². The van der Waals surface area contributed by atoms with Gasteiger partial charge >= 0.3 is 7.60 Å². The molecule has 0 atom stereocenters. The van der Waals surface area contributed by atoms with Gasteiger partial charge in [0.1, 0.15) is 0 Å². The zero-order valence-corrected chi connectivity index (χ0v) is 15.0. The van der Waals surface area contributed by atoms with E-state index in [2.05, 4.69) is 38.1 Å². The molecule has 0 N–H and O–H groups in total. The summed E-state index contributed by atoms with van der Waals surface area (Å²) < 4.78 is 24.0. The first kappa shape index (κ1) is 16.4. The van der Waals surface area contributed by atoms with Gasteiger partial charge in [0.05, 0.1) is 18.5 Å². The molecule has 0 fully saturated rings. The molecule has 2 aromatic carbocycles. The molecule has 3 rings (SSSR count). The summed E-state index contributed by atoms with van der Waals surface area (Å²) in [7, 11) is -3.26. The van der Waals surface area contributed by atoms with Crippen molar-refractivity contribution in [2.24, 2.45) is 0 Å². The van der Waals surface area contributed by atoms with Crippen LogP contribution in [-0.4, -0.2) is 13.2 Å². The number of hydrogen-bond donors (Lipinski definition) is 0. The van der Waals surface area contributed by atoms with E-state index in [1.54, 1.807) is 0 Å². The van der Waals surface area contributed by atoms with Gasteiger partial charge in [-0.25, -0.2) is 0 Å². The largest absolute Gasteiger partial charge is 0.361 e. The van der Waals surface area contributed by atoms with Crippen molar-refractivity contribution in [1.82, 2.24) is 0 Å². The van der Waals surface area contributed by atoms with Gasteiger partial charge in [-0.1, -0.05) is 44.2 Å². The molecule has 0 amide bonds. The number of rotatable bonds is 5. The lowest BCUT2D eigenvalue weighted by Gasteiger charge is -2.23. The summed E-state index contributed by atoms with van der Waals surface area (Å²) in [6, 6.07) is 14.4. The van der Waals surface area contributed by atoms with Crippen molar-refractivity contribution in [1.29, 1.82) is 0 Å². The van der Waals surface area contributed by atoms with Crippen molar-refractivity contribution in [3.8, 4) is 11.1 Å². The Kier molecular flexibility index (Phi) is 4.22. The molecule has 4 heteroatoms. The zero-order valence-electron chi connectivity index (χ0n) is 14.1. The van der Waals surface area contributed by atoms with Crippen molar-refractivity contribution in [2.75, 3.05) is 13.2 Å². The molecule has 1 aliphatic carbocycles. The SMILES string of the molecule is CCOP(=O)(OCC)c1ccc2c(c1)C(C)(C)c1ccccc1-2. The van der Waals surface area contributed by atoms with Crippen molar-refractivity contribution < 1.29 is 13.6 Å². The van der Waals surface area contributed by atoms with Gasteiger partial charge in [-0.3, -0.25) is 4.57 Å². The van der Waals surface area contributed by atoms with E-state index in [0.717, 1.165) is 0 Å². The molecule has 0 unspecified atom stereocenters. The van der Waals surface area contributed by atoms with Crippen LogP contribution in [0.4, 0.5) is 0 Å². The predicted molar refractivity (Wildman–Crippen MR) is 94.5 cm³/mol. The van der Waals surface area contributed by atoms with Crippen LogP contribution in [0, 0.1) is 0 Å². The summed E-state index contributed by atoms with van der Waals surface area (Å²) >= 11 is 0. The van der Waals surface area contributed by atoms with E-state index in [9.17, 15) is 4.57 Å². The molecular weight excluding hydrogens is 307 g/mol. The van der Waals surface area contributed by atoms with E-state index in [1.807, 2.05) is 32.0 Å². The van der Waals surface area contributed by atoms with Crippen molar-refractivity contribution in [3.63, 3.8) is 0 Å². The number of benzene rings is 2. The monoisotopic (exact) mass is 330 g/mol. The van der Waals surface area contributed by atoms with Gasteiger partial charge < -0.3 is 9.05 Å². The predicted octanol–water partition coefficient (Wildman–Crippen LogP) is 4.88. The Balaban J connectivity index is 2.15. The van der Waals surface area contributed by atoms with E-state index in [1.165, 1.54) is 22.3 Å². The topological polar surface area (TPSA) is 35.5 Å². The highest BCUT2D eigenvalue weighted by atomic mass is 31.2. The van der Waals surface area contributed by atoms with E-state index in [-0.39, 0.29) is 5.41 Å². The minimum absolute atomic E-state index is 0.120. The first-order valence-corrected chi connectivity index (χ1v) is 9.62. The molecule has 0 saturated heterocycles. The molecule has 2 aromatic rings. The van der Waals surface area contributed by atoms with Gasteiger partial charge in [-0.15, -0.1) is 0 Å². The maximum atomic E-state index is 13.1. The van der Waals surface area contributed by atoms with Gasteiger partial charge in [-0.2, -0.15) is 0 Å². The summed E-state index contributed by atoms with van der Waals surface area (Å²) in [6.45, 7) is 8.79. The van der Waals surface area contributed by atoms with Gasteiger partial charge in [0.15, 0.2) is 0 Å². The van der Waals surface area contributed by atoms with Crippen LogP contribution in [0.15, 0.2) is 42.5 Å². The maximum absolute atomic E-state index is 13.1. The molecule has 0 spiro atoms. The van der Waals surface area contributed by atoms with E-state index in [0.29, 0.717) is 18.5 Å². The summed E-state index contributed by atoms with van der Waals surface area (Å²) in [5.41, 5.74) is 4.81. The molecule has 0 aromatic heterocycles. The van der Waals surface area contributed by atoms with Crippen LogP contribution in [0.1, 0.15) is 38.8 Å². The highest BCUT2D eigenvalue weighted by Gasteiger charge is 2.37. The second-order valence-electron chi connectivity index (χ2n) is 6.23. The fourth-order valence-electron chi connectivity index (χ4n) is 3.39. The summed E-state index contributed by atoms with van der Waals surface area (Å²) in [4.78, 5) is 0. The maximum Gasteiger partial charge on any atom is 0.361 e. The van der Waals surface area contributed by atoms with Crippen LogP contribution in [0.25, 0.3) is 11.1 Å². The minimum Gasteiger partial charge on any atom is -0.305 e.